The maximum absolute atomic E-state index is 14.3. The van der Waals surface area contributed by atoms with Gasteiger partial charge in [-0.3, -0.25) is 4.79 Å². The van der Waals surface area contributed by atoms with E-state index < -0.39 is 11.9 Å². The number of hydrogen-bond acceptors (Lipinski definition) is 6. The normalized spacial score (nSPS) is 16.3. The highest BCUT2D eigenvalue weighted by Crippen LogP contribution is 2.20. The molecule has 1 atom stereocenters. The van der Waals surface area contributed by atoms with Crippen LogP contribution in [0.5, 0.6) is 0 Å². The molecule has 1 aromatic carbocycles. The monoisotopic (exact) mass is 396 g/mol. The van der Waals surface area contributed by atoms with Crippen LogP contribution in [-0.2, 0) is 0 Å². The second kappa shape index (κ2) is 7.59. The van der Waals surface area contributed by atoms with Crippen LogP contribution in [0.4, 0.5) is 16.0 Å². The Bertz CT molecular complexity index is 1050. The molecule has 150 valence electrons. The molecule has 0 aliphatic carbocycles. The van der Waals surface area contributed by atoms with E-state index in [1.165, 1.54) is 17.1 Å². The first-order valence-electron chi connectivity index (χ1n) is 9.29. The lowest BCUT2D eigenvalue weighted by Gasteiger charge is -2.13. The molecule has 2 aromatic heterocycles. The van der Waals surface area contributed by atoms with Gasteiger partial charge in [-0.25, -0.2) is 14.1 Å². The number of nitrogens with one attached hydrogen (secondary N) is 1. The van der Waals surface area contributed by atoms with E-state index in [4.69, 9.17) is 0 Å². The zero-order chi connectivity index (χ0) is 20.5. The van der Waals surface area contributed by atoms with Crippen LogP contribution in [0, 0.1) is 19.7 Å². The summed E-state index contributed by atoms with van der Waals surface area (Å²) < 4.78 is 15.6. The first-order chi connectivity index (χ1) is 13.9. The minimum atomic E-state index is -0.658. The lowest BCUT2D eigenvalue weighted by Crippen LogP contribution is -2.29. The molecular formula is C20H21FN6O2. The molecule has 1 saturated heterocycles. The van der Waals surface area contributed by atoms with Gasteiger partial charge in [0.25, 0.3) is 5.91 Å². The summed E-state index contributed by atoms with van der Waals surface area (Å²) in [6.45, 7) is 4.74. The molecule has 0 spiro atoms. The van der Waals surface area contributed by atoms with Crippen molar-refractivity contribution in [1.29, 1.82) is 0 Å². The minimum Gasteiger partial charge on any atom is -0.391 e. The fourth-order valence-electron chi connectivity index (χ4n) is 3.41. The quantitative estimate of drug-likeness (QED) is 0.703. The Morgan fingerprint density at radius 1 is 1.24 bits per heavy atom. The second-order valence-electron chi connectivity index (χ2n) is 7.23. The maximum Gasteiger partial charge on any atom is 0.257 e. The van der Waals surface area contributed by atoms with Crippen molar-refractivity contribution in [1.82, 2.24) is 24.6 Å². The van der Waals surface area contributed by atoms with Crippen molar-refractivity contribution >= 4 is 17.5 Å². The summed E-state index contributed by atoms with van der Waals surface area (Å²) in [5, 5.41) is 16.8. The van der Waals surface area contributed by atoms with Gasteiger partial charge in [-0.15, -0.1) is 0 Å². The zero-order valence-corrected chi connectivity index (χ0v) is 16.1. The number of hydrogen-bond donors (Lipinski definition) is 2. The number of benzene rings is 1. The molecule has 0 saturated carbocycles. The fraction of sp³-hybridized carbons (Fsp3) is 0.300. The molecule has 2 N–H and O–H groups in total. The number of amides is 1. The molecule has 29 heavy (non-hydrogen) atoms. The van der Waals surface area contributed by atoms with E-state index in [1.807, 2.05) is 32.0 Å². The molecule has 4 rings (SSSR count). The molecule has 1 aliphatic rings. The lowest BCUT2D eigenvalue weighted by molar-refractivity contribution is 0.0765. The third-order valence-corrected chi connectivity index (χ3v) is 4.70. The van der Waals surface area contributed by atoms with Crippen LogP contribution in [0.3, 0.4) is 0 Å². The Kier molecular flexibility index (Phi) is 4.98. The van der Waals surface area contributed by atoms with Gasteiger partial charge >= 0.3 is 0 Å². The van der Waals surface area contributed by atoms with E-state index in [0.717, 1.165) is 23.0 Å². The van der Waals surface area contributed by atoms with Crippen LogP contribution < -0.4 is 5.32 Å². The van der Waals surface area contributed by atoms with Crippen LogP contribution in [0.15, 0.2) is 36.8 Å². The smallest absolute Gasteiger partial charge is 0.257 e. The highest BCUT2D eigenvalue weighted by Gasteiger charge is 2.26. The largest absolute Gasteiger partial charge is 0.391 e. The topological polar surface area (TPSA) is 96.2 Å². The first-order valence-corrected chi connectivity index (χ1v) is 9.29. The van der Waals surface area contributed by atoms with E-state index in [0.29, 0.717) is 18.5 Å². The van der Waals surface area contributed by atoms with Gasteiger partial charge in [0.2, 0.25) is 5.95 Å². The summed E-state index contributed by atoms with van der Waals surface area (Å²) in [6, 6.07) is 5.92. The van der Waals surface area contributed by atoms with Gasteiger partial charge < -0.3 is 15.3 Å². The van der Waals surface area contributed by atoms with E-state index in [-0.39, 0.29) is 24.2 Å². The van der Waals surface area contributed by atoms with Gasteiger partial charge in [0, 0.05) is 25.0 Å². The third-order valence-electron chi connectivity index (χ3n) is 4.70. The van der Waals surface area contributed by atoms with Gasteiger partial charge in [0.05, 0.1) is 24.1 Å². The van der Waals surface area contributed by atoms with Crippen molar-refractivity contribution in [3.63, 3.8) is 0 Å². The van der Waals surface area contributed by atoms with E-state index in [2.05, 4.69) is 20.4 Å². The number of halogens is 1. The molecule has 1 aliphatic heterocycles. The molecule has 0 bridgehead atoms. The molecule has 3 aromatic rings. The fourth-order valence-corrected chi connectivity index (χ4v) is 3.41. The molecular weight excluding hydrogens is 375 g/mol. The van der Waals surface area contributed by atoms with Crippen molar-refractivity contribution in [3.8, 4) is 5.82 Å². The Hall–Kier alpha value is -3.33. The molecule has 1 amide bonds. The van der Waals surface area contributed by atoms with Crippen molar-refractivity contribution in [3.05, 3.63) is 59.3 Å². The summed E-state index contributed by atoms with van der Waals surface area (Å²) in [5.41, 5.74) is 3.26. The number of anilines is 2. The summed E-state index contributed by atoms with van der Waals surface area (Å²) >= 11 is 0. The third kappa shape index (κ3) is 4.09. The van der Waals surface area contributed by atoms with E-state index in [9.17, 15) is 14.3 Å². The van der Waals surface area contributed by atoms with Gasteiger partial charge in [0.15, 0.2) is 11.6 Å². The predicted molar refractivity (Wildman–Crippen MR) is 105 cm³/mol. The number of aromatic nitrogens is 4. The Morgan fingerprint density at radius 2 is 2.00 bits per heavy atom. The molecule has 9 heteroatoms. The highest BCUT2D eigenvalue weighted by molar-refractivity contribution is 5.94. The van der Waals surface area contributed by atoms with E-state index in [1.54, 1.807) is 4.90 Å². The number of nitrogens with zero attached hydrogens (tertiary/aromatic N) is 5. The minimum absolute atomic E-state index is 0.0626. The zero-order valence-electron chi connectivity index (χ0n) is 16.1. The maximum atomic E-state index is 14.3. The van der Waals surface area contributed by atoms with Crippen LogP contribution >= 0.6 is 0 Å². The molecule has 8 nitrogen and oxygen atoms in total. The SMILES string of the molecule is Cc1cc(C)cc(Nc2ncc(F)c(-n3cc(C(=O)N4CC[C@@H](O)C4)cn3)n2)c1. The average molecular weight is 396 g/mol. The number of likely N-dealkylation sites (tertiary alicyclic amines) is 1. The Morgan fingerprint density at radius 3 is 2.69 bits per heavy atom. The predicted octanol–water partition coefficient (Wildman–Crippen LogP) is 2.37. The number of aliphatic hydroxyl groups excluding tert-OH is 1. The molecule has 1 fully saturated rings. The number of aliphatic hydroxyl groups is 1. The molecule has 3 heterocycles. The second-order valence-corrected chi connectivity index (χ2v) is 7.23. The van der Waals surface area contributed by atoms with E-state index >= 15 is 0 Å². The molecule has 0 radical (unpaired) electrons. The van der Waals surface area contributed by atoms with Gasteiger partial charge in [-0.05, 0) is 43.5 Å². The van der Waals surface area contributed by atoms with Crippen LogP contribution in [0.1, 0.15) is 27.9 Å². The Balaban J connectivity index is 1.58. The van der Waals surface area contributed by atoms with Crippen molar-refractivity contribution in [2.45, 2.75) is 26.4 Å². The number of carbonyl (C=O) groups is 1. The first kappa shape index (κ1) is 19.0. The standard InChI is InChI=1S/C20H21FN6O2/c1-12-5-13(2)7-15(6-12)24-20-22-9-17(21)18(25-20)27-10-14(8-23-27)19(29)26-4-3-16(28)11-26/h5-10,16,28H,3-4,11H2,1-2H3,(H,22,24,25)/t16-/m1/s1. The van der Waals surface area contributed by atoms with Crippen LogP contribution in [0.25, 0.3) is 5.82 Å². The number of aryl methyl sites for hydroxylation is 2. The summed E-state index contributed by atoms with van der Waals surface area (Å²) in [5.74, 6) is -0.754. The summed E-state index contributed by atoms with van der Waals surface area (Å²) in [7, 11) is 0. The van der Waals surface area contributed by atoms with Gasteiger partial charge in [-0.2, -0.15) is 10.1 Å². The van der Waals surface area contributed by atoms with Crippen LogP contribution in [-0.4, -0.2) is 54.9 Å². The summed E-state index contributed by atoms with van der Waals surface area (Å²) in [6.07, 6.45) is 3.90. The van der Waals surface area contributed by atoms with Crippen molar-refractivity contribution in [2.75, 3.05) is 18.4 Å². The average Bonchev–Trinajstić information content (AvgIpc) is 3.31. The molecule has 0 unspecified atom stereocenters. The lowest BCUT2D eigenvalue weighted by atomic mass is 10.1. The van der Waals surface area contributed by atoms with Gasteiger partial charge in [0.1, 0.15) is 0 Å². The highest BCUT2D eigenvalue weighted by atomic mass is 19.1. The van der Waals surface area contributed by atoms with Crippen molar-refractivity contribution in [2.24, 2.45) is 0 Å². The number of β-amino-alcohol motifs (C(OH)–C–C–N with tert-alkyl or cyclic N) is 1. The summed E-state index contributed by atoms with van der Waals surface area (Å²) in [4.78, 5) is 22.3. The number of carbonyl (C=O) groups excluding carboxylic acids is 1. The van der Waals surface area contributed by atoms with Crippen molar-refractivity contribution < 1.29 is 14.3 Å². The van der Waals surface area contributed by atoms with Crippen LogP contribution in [0.2, 0.25) is 0 Å². The van der Waals surface area contributed by atoms with Gasteiger partial charge in [-0.1, -0.05) is 6.07 Å². The number of rotatable bonds is 4. The Labute approximate surface area is 167 Å².